The molecule has 280 valence electrons. The second kappa shape index (κ2) is 17.6. The Kier molecular flexibility index (Phi) is 12.5. The zero-order valence-electron chi connectivity index (χ0n) is 30.2. The highest BCUT2D eigenvalue weighted by Crippen LogP contribution is 2.34. The number of nitrogens with one attached hydrogen (secondary N) is 2. The summed E-state index contributed by atoms with van der Waals surface area (Å²) >= 11 is 0. The molecule has 0 aromatic carbocycles. The van der Waals surface area contributed by atoms with Crippen LogP contribution in [0.4, 0.5) is 11.8 Å². The molecular formula is C35H50N11O6+. The van der Waals surface area contributed by atoms with E-state index < -0.39 is 11.0 Å². The highest BCUT2D eigenvalue weighted by Gasteiger charge is 2.32. The Morgan fingerprint density at radius 3 is 2.46 bits per heavy atom. The Balaban J connectivity index is 1.08. The van der Waals surface area contributed by atoms with E-state index in [-0.39, 0.29) is 23.6 Å². The van der Waals surface area contributed by atoms with Crippen LogP contribution >= 0.6 is 0 Å². The molecule has 5 heterocycles. The van der Waals surface area contributed by atoms with Crippen LogP contribution in [-0.2, 0) is 4.74 Å². The van der Waals surface area contributed by atoms with Crippen LogP contribution in [0.25, 0.3) is 10.9 Å². The zero-order valence-corrected chi connectivity index (χ0v) is 30.2. The minimum Gasteiger partial charge on any atom is -0.489 e. The predicted octanol–water partition coefficient (Wildman–Crippen LogP) is 0.680. The number of nitro groups is 1. The van der Waals surface area contributed by atoms with Crippen molar-refractivity contribution in [2.24, 2.45) is 5.73 Å². The summed E-state index contributed by atoms with van der Waals surface area (Å²) in [5.74, 6) is 2.66. The fourth-order valence-electron chi connectivity index (χ4n) is 6.68. The van der Waals surface area contributed by atoms with Gasteiger partial charge in [0, 0.05) is 64.1 Å². The van der Waals surface area contributed by atoms with Crippen LogP contribution in [0.1, 0.15) is 32.6 Å². The van der Waals surface area contributed by atoms with Crippen LogP contribution in [-0.4, -0.2) is 138 Å². The van der Waals surface area contributed by atoms with E-state index in [0.29, 0.717) is 67.1 Å². The number of aromatic nitrogens is 4. The maximum Gasteiger partial charge on any atom is 0.502 e. The number of anilines is 2. The lowest BCUT2D eigenvalue weighted by Crippen LogP contribution is -2.71. The smallest absolute Gasteiger partial charge is 0.489 e. The first-order valence-corrected chi connectivity index (χ1v) is 18.0. The van der Waals surface area contributed by atoms with E-state index in [1.165, 1.54) is 13.2 Å². The van der Waals surface area contributed by atoms with Crippen LogP contribution in [0.3, 0.4) is 0 Å². The standard InChI is InChI=1S/C35H49N11O6/c1-24(30(20-36)33(37-2)46(47)48)51-27-18-29-31(38-21-27)19-32(45-13-15-49-16-14-45)42-34(29)52-26-6-4-25(5-7-26)41-35-39-22-28(23-40-35)50-17-12-44-10-8-43(3)9-11-44/h18-26H,4-17,36H2,1-3H3,(H,39,40,41)/p+1/b30-20-,37-33?. The van der Waals surface area contributed by atoms with E-state index >= 15 is 0 Å². The summed E-state index contributed by atoms with van der Waals surface area (Å²) in [5.41, 5.74) is 6.67. The van der Waals surface area contributed by atoms with Crippen LogP contribution < -0.4 is 35.2 Å². The average molecular weight is 721 g/mol. The molecule has 0 spiro atoms. The second-order valence-electron chi connectivity index (χ2n) is 13.3. The van der Waals surface area contributed by atoms with Crippen molar-refractivity contribution >= 4 is 28.5 Å². The van der Waals surface area contributed by atoms with Gasteiger partial charge in [0.1, 0.15) is 42.4 Å². The SMILES string of the molecule is C[NH+]=C(/C(=C\N)C(C)Oc1cnc2cc(N3CCOCC3)nc(OC3CCC(Nc4ncc(OCCN5CCN(C)CC5)cn4)CC3)c2c1)[N+](=O)[O-]. The van der Waals surface area contributed by atoms with Gasteiger partial charge < -0.3 is 39.8 Å². The van der Waals surface area contributed by atoms with Crippen molar-refractivity contribution in [3.8, 4) is 17.4 Å². The number of nitrogens with zero attached hydrogens (tertiary/aromatic N) is 8. The minimum absolute atomic E-state index is 0.0613. The van der Waals surface area contributed by atoms with Crippen LogP contribution in [0.5, 0.6) is 17.4 Å². The van der Waals surface area contributed by atoms with E-state index in [0.717, 1.165) is 64.2 Å². The number of morpholine rings is 1. The molecule has 3 fully saturated rings. The molecule has 1 atom stereocenters. The van der Waals surface area contributed by atoms with Crippen molar-refractivity contribution in [3.63, 3.8) is 0 Å². The van der Waals surface area contributed by atoms with Gasteiger partial charge in [0.05, 0.1) is 42.7 Å². The molecular weight excluding hydrogens is 670 g/mol. The summed E-state index contributed by atoms with van der Waals surface area (Å²) in [7, 11) is 3.62. The van der Waals surface area contributed by atoms with Gasteiger partial charge in [0.15, 0.2) is 11.3 Å². The molecule has 17 heteroatoms. The molecule has 2 aliphatic heterocycles. The van der Waals surface area contributed by atoms with Crippen molar-refractivity contribution in [1.82, 2.24) is 29.7 Å². The third-order valence-electron chi connectivity index (χ3n) is 9.75. The lowest BCUT2D eigenvalue weighted by atomic mass is 9.93. The molecule has 3 aromatic heterocycles. The first-order chi connectivity index (χ1) is 25.3. The van der Waals surface area contributed by atoms with Gasteiger partial charge in [0.2, 0.25) is 11.8 Å². The van der Waals surface area contributed by atoms with Gasteiger partial charge in [0.25, 0.3) is 0 Å². The highest BCUT2D eigenvalue weighted by molar-refractivity contribution is 5.88. The number of hydrogen-bond acceptors (Lipinski definition) is 15. The Labute approximate surface area is 303 Å². The van der Waals surface area contributed by atoms with Gasteiger partial charge in [-0.05, 0) is 45.7 Å². The number of ether oxygens (including phenoxy) is 4. The molecule has 1 saturated carbocycles. The number of nitrogens with two attached hydrogens (primary N) is 1. The van der Waals surface area contributed by atoms with Gasteiger partial charge in [-0.25, -0.2) is 9.97 Å². The van der Waals surface area contributed by atoms with Crippen LogP contribution in [0.15, 0.2) is 42.5 Å². The average Bonchev–Trinajstić information content (AvgIpc) is 3.16. The monoisotopic (exact) mass is 720 g/mol. The third-order valence-corrected chi connectivity index (χ3v) is 9.75. The molecule has 17 nitrogen and oxygen atoms in total. The molecule has 1 unspecified atom stereocenters. The van der Waals surface area contributed by atoms with Crippen molar-refractivity contribution < 1.29 is 28.9 Å². The number of amidine groups is 1. The molecule has 52 heavy (non-hydrogen) atoms. The first-order valence-electron chi connectivity index (χ1n) is 18.0. The van der Waals surface area contributed by atoms with Gasteiger partial charge in [-0.15, -0.1) is 0 Å². The van der Waals surface area contributed by atoms with E-state index in [4.69, 9.17) is 29.7 Å². The van der Waals surface area contributed by atoms with Gasteiger partial charge >= 0.3 is 5.84 Å². The summed E-state index contributed by atoms with van der Waals surface area (Å²) in [6.45, 7) is 10.2. The maximum absolute atomic E-state index is 11.6. The minimum atomic E-state index is -0.732. The second-order valence-corrected chi connectivity index (χ2v) is 13.3. The Hall–Kier alpha value is -4.87. The number of piperazine rings is 1. The van der Waals surface area contributed by atoms with Gasteiger partial charge in [-0.3, -0.25) is 20.0 Å². The van der Waals surface area contributed by atoms with E-state index in [9.17, 15) is 10.1 Å². The van der Waals surface area contributed by atoms with E-state index in [1.807, 2.05) is 12.1 Å². The van der Waals surface area contributed by atoms with Crippen molar-refractivity contribution in [2.45, 2.75) is 50.9 Å². The summed E-state index contributed by atoms with van der Waals surface area (Å²) in [5, 5.41) is 15.7. The lowest BCUT2D eigenvalue weighted by molar-refractivity contribution is -0.502. The zero-order chi connectivity index (χ0) is 36.5. The maximum atomic E-state index is 11.6. The van der Waals surface area contributed by atoms with Crippen molar-refractivity contribution in [3.05, 3.63) is 52.6 Å². The number of hydrogen-bond donors (Lipinski definition) is 3. The van der Waals surface area contributed by atoms with Gasteiger partial charge in [-0.2, -0.15) is 9.98 Å². The lowest BCUT2D eigenvalue weighted by Gasteiger charge is -2.32. The Morgan fingerprint density at radius 2 is 1.79 bits per heavy atom. The third kappa shape index (κ3) is 9.51. The van der Waals surface area contributed by atoms with Gasteiger partial charge in [-0.1, -0.05) is 0 Å². The molecule has 1 aliphatic carbocycles. The fraction of sp³-hybridized carbons (Fsp3) is 0.571. The van der Waals surface area contributed by atoms with Crippen LogP contribution in [0, 0.1) is 10.1 Å². The summed E-state index contributed by atoms with van der Waals surface area (Å²) in [4.78, 5) is 39.2. The molecule has 2 saturated heterocycles. The molecule has 3 aromatic rings. The predicted molar refractivity (Wildman–Crippen MR) is 196 cm³/mol. The molecule has 0 bridgehead atoms. The number of rotatable bonds is 13. The first kappa shape index (κ1) is 36.9. The normalized spacial score (nSPS) is 21.5. The summed E-state index contributed by atoms with van der Waals surface area (Å²) < 4.78 is 24.2. The van der Waals surface area contributed by atoms with Crippen molar-refractivity contribution in [1.29, 1.82) is 0 Å². The quantitative estimate of drug-likeness (QED) is 0.0966. The summed E-state index contributed by atoms with van der Waals surface area (Å²) in [6.07, 6.45) is 8.80. The number of pyridine rings is 2. The number of likely N-dealkylation sites (N-methyl/N-ethyl adjacent to an activating group) is 1. The van der Waals surface area contributed by atoms with E-state index in [1.54, 1.807) is 25.5 Å². The van der Waals surface area contributed by atoms with Crippen molar-refractivity contribution in [2.75, 3.05) is 89.9 Å². The number of fused-ring (bicyclic) bond motifs is 1. The topological polar surface area (TPSA) is 193 Å². The molecule has 0 amide bonds. The summed E-state index contributed by atoms with van der Waals surface area (Å²) in [6, 6.07) is 3.96. The Morgan fingerprint density at radius 1 is 1.08 bits per heavy atom. The largest absolute Gasteiger partial charge is 0.502 e. The molecule has 6 rings (SSSR count). The molecule has 3 aliphatic rings. The fourth-order valence-corrected chi connectivity index (χ4v) is 6.68. The molecule has 0 radical (unpaired) electrons. The van der Waals surface area contributed by atoms with Crippen LogP contribution in [0.2, 0.25) is 0 Å². The van der Waals surface area contributed by atoms with E-state index in [2.05, 4.69) is 47.0 Å². The molecule has 4 N–H and O–H groups in total. The highest BCUT2D eigenvalue weighted by atomic mass is 16.6. The Bertz CT molecular complexity index is 1700.